The van der Waals surface area contributed by atoms with Crippen LogP contribution in [0.1, 0.15) is 9.81 Å². The molecule has 0 aliphatic rings. The molecule has 5 heteroatoms. The molecule has 0 unspecified atom stereocenters. The predicted molar refractivity (Wildman–Crippen MR) is 173 cm³/mol. The van der Waals surface area contributed by atoms with Crippen LogP contribution in [-0.4, -0.2) is 19.9 Å². The van der Waals surface area contributed by atoms with E-state index in [0.717, 1.165) is 38.5 Å². The lowest BCUT2D eigenvalue weighted by molar-refractivity contribution is -0.585. The van der Waals surface area contributed by atoms with E-state index in [-0.39, 0.29) is 5.69 Å². The van der Waals surface area contributed by atoms with Gasteiger partial charge in [0, 0.05) is 20.6 Å². The molecular formula is C38H26N5+. The molecule has 0 fully saturated rings. The van der Waals surface area contributed by atoms with Crippen LogP contribution in [0.5, 0.6) is 0 Å². The quantitative estimate of drug-likeness (QED) is 0.162. The maximum absolute atomic E-state index is 7.86. The molecule has 0 atom stereocenters. The predicted octanol–water partition coefficient (Wildman–Crippen LogP) is 8.31. The van der Waals surface area contributed by atoms with Crippen LogP contribution in [0.4, 0.5) is 0 Å². The molecule has 0 aliphatic heterocycles. The Balaban J connectivity index is 1.28. The van der Waals surface area contributed by atoms with Gasteiger partial charge in [0.1, 0.15) is 11.9 Å². The van der Waals surface area contributed by atoms with E-state index in [9.17, 15) is 0 Å². The lowest BCUT2D eigenvalue weighted by atomic mass is 10.1. The van der Waals surface area contributed by atoms with E-state index >= 15 is 0 Å². The topological polar surface area (TPSA) is 55.4 Å². The van der Waals surface area contributed by atoms with Crippen LogP contribution in [-0.2, 0) is 0 Å². The molecule has 0 amide bonds. The van der Waals surface area contributed by atoms with Crippen molar-refractivity contribution in [2.75, 3.05) is 0 Å². The van der Waals surface area contributed by atoms with Crippen molar-refractivity contribution in [1.82, 2.24) is 19.9 Å². The summed E-state index contributed by atoms with van der Waals surface area (Å²) in [5.41, 5.74) is 7.31. The Morgan fingerprint density at radius 2 is 1.21 bits per heavy atom. The van der Waals surface area contributed by atoms with E-state index in [1.54, 1.807) is 12.1 Å². The molecule has 0 aliphatic carbocycles. The zero-order valence-corrected chi connectivity index (χ0v) is 23.0. The fourth-order valence-electron chi connectivity index (χ4n) is 5.52. The molecule has 4 heterocycles. The van der Waals surface area contributed by atoms with Crippen molar-refractivity contribution in [2.24, 2.45) is 0 Å². The fraction of sp³-hybridized carbons (Fsp3) is 0.0263. The van der Waals surface area contributed by atoms with Gasteiger partial charge in [0.25, 0.3) is 0 Å². The van der Waals surface area contributed by atoms with Crippen LogP contribution in [0.25, 0.3) is 72.4 Å². The second-order valence-corrected chi connectivity index (χ2v) is 10.4. The first kappa shape index (κ1) is 21.9. The number of rotatable bonds is 4. The molecule has 0 bridgehead atoms. The Bertz CT molecular complexity index is 2420. The molecule has 8 aromatic rings. The maximum atomic E-state index is 7.86. The van der Waals surface area contributed by atoms with Gasteiger partial charge in [-0.2, -0.15) is 4.57 Å². The molecule has 4 aromatic carbocycles. The Morgan fingerprint density at radius 1 is 0.512 bits per heavy atom. The smallest absolute Gasteiger partial charge is 0.251 e. The van der Waals surface area contributed by atoms with Gasteiger partial charge in [-0.25, -0.2) is 9.97 Å². The highest BCUT2D eigenvalue weighted by Crippen LogP contribution is 2.28. The summed E-state index contributed by atoms with van der Waals surface area (Å²) in [6, 6.07) is 43.8. The second kappa shape index (κ2) is 10.2. The first-order valence-corrected chi connectivity index (χ1v) is 14.1. The van der Waals surface area contributed by atoms with Gasteiger partial charge in [-0.1, -0.05) is 84.9 Å². The van der Waals surface area contributed by atoms with E-state index in [1.807, 2.05) is 78.9 Å². The number of aromatic nitrogens is 5. The molecular weight excluding hydrogens is 526 g/mol. The zero-order chi connectivity index (χ0) is 31.3. The van der Waals surface area contributed by atoms with E-state index in [1.165, 1.54) is 0 Å². The van der Waals surface area contributed by atoms with Gasteiger partial charge >= 0.3 is 5.82 Å². The van der Waals surface area contributed by atoms with Crippen LogP contribution < -0.4 is 4.57 Å². The highest BCUT2D eigenvalue weighted by atomic mass is 15.1. The van der Waals surface area contributed by atoms with Crippen LogP contribution in [0.2, 0.25) is 0 Å². The lowest BCUT2D eigenvalue weighted by Crippen LogP contribution is -2.34. The summed E-state index contributed by atoms with van der Waals surface area (Å²) in [5, 5.41) is 2.71. The Hall–Kier alpha value is -5.81. The van der Waals surface area contributed by atoms with Crippen LogP contribution in [0.3, 0.4) is 0 Å². The summed E-state index contributed by atoms with van der Waals surface area (Å²) in [6.45, 7) is -2.31. The Morgan fingerprint density at radius 3 is 2.09 bits per heavy atom. The van der Waals surface area contributed by atoms with Gasteiger partial charge < -0.3 is 0 Å². The highest BCUT2D eigenvalue weighted by Gasteiger charge is 2.22. The Kier molecular flexibility index (Phi) is 5.20. The second-order valence-electron chi connectivity index (χ2n) is 10.4. The van der Waals surface area contributed by atoms with E-state index in [0.29, 0.717) is 33.9 Å². The molecule has 0 saturated carbocycles. The van der Waals surface area contributed by atoms with Gasteiger partial charge in [-0.3, -0.25) is 4.98 Å². The number of fused-ring (bicyclic) bond motifs is 4. The molecule has 43 heavy (non-hydrogen) atoms. The normalized spacial score (nSPS) is 12.7. The third-order valence-electron chi connectivity index (χ3n) is 7.65. The average molecular weight is 556 g/mol. The fourth-order valence-corrected chi connectivity index (χ4v) is 5.52. The summed E-state index contributed by atoms with van der Waals surface area (Å²) < 4.78 is 25.7. The number of nitrogens with zero attached hydrogens (tertiary/aromatic N) is 5. The molecule has 0 spiro atoms. The van der Waals surface area contributed by atoms with E-state index in [2.05, 4.69) is 58.2 Å². The largest absolute Gasteiger partial charge is 0.354 e. The SMILES string of the molecule is [2H]C([2H])([2H])c1ccc2ccc3ccc(-c4cccc(-c5nc6ccccc6c[n+]5-c5cccc(-c6ccccc6)c5)n4)nc3c2n1. The monoisotopic (exact) mass is 555 g/mol. The number of para-hydroxylation sites is 1. The minimum atomic E-state index is -2.31. The summed E-state index contributed by atoms with van der Waals surface area (Å²) in [5.74, 6) is 0.695. The van der Waals surface area contributed by atoms with Crippen molar-refractivity contribution < 1.29 is 8.68 Å². The van der Waals surface area contributed by atoms with Crippen molar-refractivity contribution in [3.05, 3.63) is 145 Å². The first-order valence-electron chi connectivity index (χ1n) is 15.6. The van der Waals surface area contributed by atoms with Crippen LogP contribution in [0, 0.1) is 6.85 Å². The van der Waals surface area contributed by atoms with Gasteiger partial charge in [0.2, 0.25) is 0 Å². The minimum Gasteiger partial charge on any atom is -0.251 e. The zero-order valence-electron chi connectivity index (χ0n) is 26.0. The van der Waals surface area contributed by atoms with Crippen molar-refractivity contribution in [3.8, 4) is 39.7 Å². The minimum absolute atomic E-state index is 0.0445. The summed E-state index contributed by atoms with van der Waals surface area (Å²) >= 11 is 0. The molecule has 202 valence electrons. The third-order valence-corrected chi connectivity index (χ3v) is 7.65. The molecule has 8 rings (SSSR count). The third kappa shape index (κ3) is 4.57. The van der Waals surface area contributed by atoms with Gasteiger partial charge in [0.05, 0.1) is 27.8 Å². The number of benzene rings is 4. The standard InChI is InChI=1S/C38H26N5/c1-25-17-18-27-19-20-28-21-22-34(41-37(28)36(27)39-25)33-15-8-16-35(40-33)38-42-32-14-6-5-11-30(32)24-43(38)31-13-7-12-29(23-31)26-9-3-2-4-10-26/h2-24H,1H3/q+1/i1D3. The van der Waals surface area contributed by atoms with Gasteiger partial charge in [0.15, 0.2) is 11.2 Å². The summed E-state index contributed by atoms with van der Waals surface area (Å²) in [6.07, 6.45) is 2.10. The molecule has 4 aromatic heterocycles. The molecule has 5 nitrogen and oxygen atoms in total. The van der Waals surface area contributed by atoms with Crippen molar-refractivity contribution >= 4 is 32.7 Å². The molecule has 0 N–H and O–H groups in total. The molecule has 0 saturated heterocycles. The van der Waals surface area contributed by atoms with E-state index in [4.69, 9.17) is 19.1 Å². The number of pyridine rings is 3. The van der Waals surface area contributed by atoms with Crippen LogP contribution >= 0.6 is 0 Å². The highest BCUT2D eigenvalue weighted by molar-refractivity contribution is 6.03. The lowest BCUT2D eigenvalue weighted by Gasteiger charge is -2.09. The Labute approximate surface area is 253 Å². The first-order chi connectivity index (χ1) is 22.4. The van der Waals surface area contributed by atoms with Gasteiger partial charge in [-0.15, -0.1) is 0 Å². The number of hydrogen-bond donors (Lipinski definition) is 0. The maximum Gasteiger partial charge on any atom is 0.354 e. The number of aryl methyl sites for hydroxylation is 1. The van der Waals surface area contributed by atoms with Crippen molar-refractivity contribution in [1.29, 1.82) is 0 Å². The average Bonchev–Trinajstić information content (AvgIpc) is 3.10. The number of hydrogen-bond acceptors (Lipinski definition) is 4. The van der Waals surface area contributed by atoms with Gasteiger partial charge in [-0.05, 0) is 71.5 Å². The van der Waals surface area contributed by atoms with E-state index < -0.39 is 6.85 Å². The van der Waals surface area contributed by atoms with Crippen molar-refractivity contribution in [2.45, 2.75) is 6.85 Å². The molecule has 0 radical (unpaired) electrons. The summed E-state index contributed by atoms with van der Waals surface area (Å²) in [7, 11) is 0. The van der Waals surface area contributed by atoms with Crippen molar-refractivity contribution in [3.63, 3.8) is 0 Å². The van der Waals surface area contributed by atoms with Crippen LogP contribution in [0.15, 0.2) is 140 Å². The summed E-state index contributed by atoms with van der Waals surface area (Å²) in [4.78, 5) is 19.7.